The number of esters is 2. The maximum absolute atomic E-state index is 14.6. The predicted molar refractivity (Wildman–Crippen MR) is 230 cm³/mol. The van der Waals surface area contributed by atoms with Crippen molar-refractivity contribution < 1.29 is 93.8 Å². The molecule has 0 amide bonds. The molecule has 5 aliphatic carbocycles. The van der Waals surface area contributed by atoms with Gasteiger partial charge >= 0.3 is 11.9 Å². The van der Waals surface area contributed by atoms with Crippen molar-refractivity contribution in [1.82, 2.24) is 0 Å². The Morgan fingerprint density at radius 1 is 0.716 bits per heavy atom. The molecular weight excluding hydrogens is 881 g/mol. The van der Waals surface area contributed by atoms with Crippen LogP contribution in [0.3, 0.4) is 0 Å². The Bertz CT molecular complexity index is 1880. The largest absolute Gasteiger partial charge is 0.467 e. The van der Waals surface area contributed by atoms with Crippen LogP contribution < -0.4 is 0 Å². The summed E-state index contributed by atoms with van der Waals surface area (Å²) >= 11 is 0. The first-order valence-electron chi connectivity index (χ1n) is 24.2. The number of aliphatic hydroxyl groups excluding tert-OH is 10. The van der Waals surface area contributed by atoms with Gasteiger partial charge in [-0.05, 0) is 103 Å². The highest BCUT2D eigenvalue weighted by atomic mass is 16.8. The number of fused-ring (bicyclic) bond motifs is 7. The van der Waals surface area contributed by atoms with Crippen LogP contribution in [0.4, 0.5) is 0 Å². The van der Waals surface area contributed by atoms with Gasteiger partial charge in [-0.15, -0.1) is 0 Å². The van der Waals surface area contributed by atoms with E-state index in [9.17, 15) is 60.7 Å². The molecule has 3 heterocycles. The van der Waals surface area contributed by atoms with Crippen LogP contribution in [-0.2, 0) is 42.7 Å². The molecule has 8 aliphatic rings. The normalized spacial score (nSPS) is 52.6. The van der Waals surface area contributed by atoms with Gasteiger partial charge in [0, 0.05) is 0 Å². The minimum atomic E-state index is -1.86. The van der Waals surface area contributed by atoms with E-state index in [0.717, 1.165) is 25.5 Å². The molecule has 3 saturated heterocycles. The Morgan fingerprint density at radius 3 is 2.07 bits per heavy atom. The summed E-state index contributed by atoms with van der Waals surface area (Å²) in [7, 11) is 1.11. The van der Waals surface area contributed by atoms with Gasteiger partial charge < -0.3 is 84.2 Å². The number of allylic oxidation sites excluding steroid dienone is 2. The van der Waals surface area contributed by atoms with E-state index >= 15 is 0 Å². The van der Waals surface area contributed by atoms with E-state index in [1.54, 1.807) is 0 Å². The molecule has 0 aromatic heterocycles. The van der Waals surface area contributed by atoms with Crippen LogP contribution in [0, 0.1) is 50.2 Å². The number of ether oxygens (including phenoxy) is 7. The van der Waals surface area contributed by atoms with Gasteiger partial charge in [0.2, 0.25) is 6.29 Å². The summed E-state index contributed by atoms with van der Waals surface area (Å²) in [6.07, 6.45) is -16.9. The van der Waals surface area contributed by atoms with Crippen LogP contribution in [-0.4, -0.2) is 182 Å². The topological polar surface area (TPSA) is 301 Å². The van der Waals surface area contributed by atoms with Crippen molar-refractivity contribution in [1.29, 1.82) is 0 Å². The summed E-state index contributed by atoms with van der Waals surface area (Å²) in [5.74, 6) is -1.84. The van der Waals surface area contributed by atoms with E-state index in [1.807, 2.05) is 0 Å². The lowest BCUT2D eigenvalue weighted by Crippen LogP contribution is -2.68. The molecule has 19 nitrogen and oxygen atoms in total. The summed E-state index contributed by atoms with van der Waals surface area (Å²) in [6.45, 7) is 14.4. The lowest BCUT2D eigenvalue weighted by atomic mass is 9.33. The Hall–Kier alpha value is -1.92. The maximum atomic E-state index is 14.6. The van der Waals surface area contributed by atoms with Crippen molar-refractivity contribution >= 4 is 11.9 Å². The predicted octanol–water partition coefficient (Wildman–Crippen LogP) is -0.0689. The minimum Gasteiger partial charge on any atom is -0.467 e. The third-order valence-corrected chi connectivity index (χ3v) is 19.1. The quantitative estimate of drug-likeness (QED) is 0.0865. The molecular formula is C48H76O19. The fraction of sp³-hybridized carbons (Fsp3) is 0.917. The van der Waals surface area contributed by atoms with Gasteiger partial charge in [-0.1, -0.05) is 60.1 Å². The van der Waals surface area contributed by atoms with Crippen molar-refractivity contribution in [3.8, 4) is 0 Å². The average Bonchev–Trinajstić information content (AvgIpc) is 3.26. The van der Waals surface area contributed by atoms with E-state index in [0.29, 0.717) is 44.9 Å². The van der Waals surface area contributed by atoms with E-state index in [2.05, 4.69) is 54.5 Å². The van der Waals surface area contributed by atoms with Gasteiger partial charge in [-0.2, -0.15) is 0 Å². The summed E-state index contributed by atoms with van der Waals surface area (Å²) in [5, 5.41) is 108. The van der Waals surface area contributed by atoms with Gasteiger partial charge in [0.1, 0.15) is 66.5 Å². The summed E-state index contributed by atoms with van der Waals surface area (Å²) in [4.78, 5) is 27.5. The molecule has 7 fully saturated rings. The summed E-state index contributed by atoms with van der Waals surface area (Å²) < 4.78 is 40.7. The van der Waals surface area contributed by atoms with Crippen LogP contribution in [0.5, 0.6) is 0 Å². The molecule has 0 aromatic rings. The molecule has 19 heteroatoms. The Labute approximate surface area is 391 Å². The van der Waals surface area contributed by atoms with Crippen molar-refractivity contribution in [2.45, 2.75) is 204 Å². The highest BCUT2D eigenvalue weighted by Gasteiger charge is 2.72. The fourth-order valence-corrected chi connectivity index (χ4v) is 14.9. The zero-order chi connectivity index (χ0) is 49.1. The molecule has 8 rings (SSSR count). The van der Waals surface area contributed by atoms with Crippen LogP contribution in [0.2, 0.25) is 0 Å². The number of rotatable bonds is 8. The number of carbonyl (C=O) groups excluding carboxylic acids is 2. The number of hydrogen-bond acceptors (Lipinski definition) is 19. The molecule has 0 radical (unpaired) electrons. The zero-order valence-electron chi connectivity index (χ0n) is 40.0. The number of methoxy groups -OCH3 is 1. The lowest BCUT2D eigenvalue weighted by molar-refractivity contribution is -0.374. The van der Waals surface area contributed by atoms with Crippen molar-refractivity contribution in [3.05, 3.63) is 11.6 Å². The van der Waals surface area contributed by atoms with Crippen LogP contribution >= 0.6 is 0 Å². The van der Waals surface area contributed by atoms with Crippen LogP contribution in [0.1, 0.15) is 106 Å². The maximum Gasteiger partial charge on any atom is 0.337 e. The molecule has 0 bridgehead atoms. The molecule has 23 atom stereocenters. The van der Waals surface area contributed by atoms with Crippen molar-refractivity contribution in [2.24, 2.45) is 50.2 Å². The molecule has 4 saturated carbocycles. The average molecular weight is 957 g/mol. The number of aliphatic hydroxyl groups is 10. The second-order valence-corrected chi connectivity index (χ2v) is 23.3. The zero-order valence-corrected chi connectivity index (χ0v) is 40.0. The molecule has 382 valence electrons. The van der Waals surface area contributed by atoms with E-state index in [-0.39, 0.29) is 40.6 Å². The fourth-order valence-electron chi connectivity index (χ4n) is 14.9. The molecule has 0 aromatic carbocycles. The molecule has 67 heavy (non-hydrogen) atoms. The number of hydrogen-bond donors (Lipinski definition) is 10. The van der Waals surface area contributed by atoms with Gasteiger partial charge in [0.05, 0.1) is 32.5 Å². The van der Waals surface area contributed by atoms with Gasteiger partial charge in [0.15, 0.2) is 18.7 Å². The Kier molecular flexibility index (Phi) is 13.8. The first kappa shape index (κ1) is 51.4. The third kappa shape index (κ3) is 7.97. The number of carbonyl (C=O) groups is 2. The lowest BCUT2D eigenvalue weighted by Gasteiger charge is -2.71. The second kappa shape index (κ2) is 18.0. The summed E-state index contributed by atoms with van der Waals surface area (Å²) in [6, 6.07) is 0. The monoisotopic (exact) mass is 956 g/mol. The second-order valence-electron chi connectivity index (χ2n) is 23.3. The molecule has 0 unspecified atom stereocenters. The van der Waals surface area contributed by atoms with Crippen LogP contribution in [0.15, 0.2) is 11.6 Å². The molecule has 10 N–H and O–H groups in total. The molecule has 3 aliphatic heterocycles. The summed E-state index contributed by atoms with van der Waals surface area (Å²) in [5.41, 5.74) is -2.06. The van der Waals surface area contributed by atoms with Gasteiger partial charge in [0.25, 0.3) is 0 Å². The van der Waals surface area contributed by atoms with E-state index in [1.165, 1.54) is 0 Å². The highest BCUT2D eigenvalue weighted by Crippen LogP contribution is 2.76. The van der Waals surface area contributed by atoms with E-state index < -0.39 is 133 Å². The van der Waals surface area contributed by atoms with Gasteiger partial charge in [-0.25, -0.2) is 4.79 Å². The first-order valence-corrected chi connectivity index (χ1v) is 24.2. The smallest absolute Gasteiger partial charge is 0.337 e. The standard InChI is InChI=1S/C48H76O19/c1-43(2)15-16-48(42(60)67-39-34(57)29(52)23(50)20-62-39)22(17-43)21-9-10-26-45(5)13-12-28(44(3,4)25(45)11-14-46(26,6)47(21,7)18-27(48)51)64-41-37(33(56)32(55)36(65-41)38(59)61-8)66-40-35(58)31(54)30(53)24(19-49)63-40/h9,22-37,39-41,49-58H,10-20H2,1-8H3/t22-,23+,24+,25-,26+,27+,28-,29-,30-,31-,32-,33-,34+,35+,36-,37+,39-,40-,41+,45-,46+,47+,48+/m0/s1. The molecule has 0 spiro atoms. The Morgan fingerprint density at radius 2 is 1.40 bits per heavy atom. The first-order chi connectivity index (χ1) is 31.2. The van der Waals surface area contributed by atoms with Crippen LogP contribution in [0.25, 0.3) is 0 Å². The Balaban J connectivity index is 1.07. The minimum absolute atomic E-state index is 0.0580. The van der Waals surface area contributed by atoms with E-state index in [4.69, 9.17) is 33.2 Å². The van der Waals surface area contributed by atoms with Crippen molar-refractivity contribution in [2.75, 3.05) is 20.3 Å². The third-order valence-electron chi connectivity index (χ3n) is 19.1. The SMILES string of the molecule is COC(=O)[C@H]1O[C@@H](O[C@H]2CC[C@]3(C)[C@H]4CC=C5[C@@H]6CC(C)(C)CC[C@]6(C(=O)O[C@@H]6OC[C@@H](O)[C@H](O)[C@H]6O)[C@H](O)C[C@@]5(C)[C@]4(C)CC[C@H]3C2(C)C)[C@H](O[C@@H]2O[C@H](CO)[C@H](O)[C@H](O)[C@H]2O)[C@@H](O)[C@@H]1O. The van der Waals surface area contributed by atoms with Crippen molar-refractivity contribution in [3.63, 3.8) is 0 Å². The van der Waals surface area contributed by atoms with Gasteiger partial charge in [-0.3, -0.25) is 4.79 Å². The highest BCUT2D eigenvalue weighted by molar-refractivity contribution is 5.80.